The number of methoxy groups -OCH3 is 1. The molecule has 0 atom stereocenters. The number of nitrogens with one attached hydrogen (secondary N) is 1. The van der Waals surface area contributed by atoms with Gasteiger partial charge in [-0.1, -0.05) is 0 Å². The summed E-state index contributed by atoms with van der Waals surface area (Å²) in [7, 11) is 1.63. The van der Waals surface area contributed by atoms with Crippen LogP contribution in [0.2, 0.25) is 0 Å². The number of alkyl carbamates (subject to hydrolysis) is 1. The van der Waals surface area contributed by atoms with Crippen LogP contribution in [0.15, 0.2) is 0 Å². The maximum Gasteiger partial charge on any atom is 0.407 e. The number of hydrogen-bond donors (Lipinski definition) is 1. The summed E-state index contributed by atoms with van der Waals surface area (Å²) in [5.41, 5.74) is 0. The van der Waals surface area contributed by atoms with Crippen LogP contribution in [0.4, 0.5) is 4.79 Å². The highest BCUT2D eigenvalue weighted by Gasteiger charge is 2.02. The maximum absolute atomic E-state index is 11.1. The average Bonchev–Trinajstić information content (AvgIpc) is 2.39. The Morgan fingerprint density at radius 1 is 0.850 bits per heavy atom. The largest absolute Gasteiger partial charge is 0.447 e. The minimum Gasteiger partial charge on any atom is -0.447 e. The van der Waals surface area contributed by atoms with Gasteiger partial charge >= 0.3 is 6.09 Å². The third-order valence-electron chi connectivity index (χ3n) is 2.04. The predicted octanol–water partition coefficient (Wildman–Crippen LogP) is 0.817. The van der Waals surface area contributed by atoms with E-state index >= 15 is 0 Å². The van der Waals surface area contributed by atoms with E-state index in [-0.39, 0.29) is 12.6 Å². The molecule has 0 fully saturated rings. The summed E-state index contributed by atoms with van der Waals surface area (Å²) >= 11 is 0. The molecule has 1 N–H and O–H groups in total. The molecule has 0 aliphatic rings. The van der Waals surface area contributed by atoms with Crippen molar-refractivity contribution in [1.82, 2.24) is 5.32 Å². The molecule has 0 heterocycles. The Hall–Kier alpha value is -0.890. The minimum absolute atomic E-state index is 0.0722. The first-order chi connectivity index (χ1) is 9.66. The third kappa shape index (κ3) is 15.2. The fourth-order valence-corrected chi connectivity index (χ4v) is 1.15. The lowest BCUT2D eigenvalue weighted by atomic mass is 10.4. The van der Waals surface area contributed by atoms with Crippen LogP contribution in [0.1, 0.15) is 13.8 Å². The SMILES string of the molecule is COCCOCCOCCOCCOC(=O)NC(C)C. The second-order valence-electron chi connectivity index (χ2n) is 4.26. The molecule has 0 aromatic heterocycles. The second-order valence-corrected chi connectivity index (χ2v) is 4.26. The highest BCUT2D eigenvalue weighted by atomic mass is 16.6. The number of ether oxygens (including phenoxy) is 5. The maximum atomic E-state index is 11.1. The van der Waals surface area contributed by atoms with Crippen LogP contribution < -0.4 is 5.32 Å². The molecule has 0 radical (unpaired) electrons. The lowest BCUT2D eigenvalue weighted by Gasteiger charge is -2.09. The summed E-state index contributed by atoms with van der Waals surface area (Å²) in [6, 6.07) is 0.0722. The van der Waals surface area contributed by atoms with Gasteiger partial charge in [-0.3, -0.25) is 0 Å². The summed E-state index contributed by atoms with van der Waals surface area (Å²) in [6.45, 7) is 7.53. The molecule has 7 nitrogen and oxygen atoms in total. The van der Waals surface area contributed by atoms with E-state index < -0.39 is 6.09 Å². The first-order valence-electron chi connectivity index (χ1n) is 6.82. The number of rotatable bonds is 13. The summed E-state index contributed by atoms with van der Waals surface area (Å²) in [6.07, 6.45) is -0.423. The topological polar surface area (TPSA) is 75.2 Å². The standard InChI is InChI=1S/C13H27NO6/c1-12(2)14-13(15)20-11-10-19-9-8-18-7-6-17-5-4-16-3/h12H,4-11H2,1-3H3,(H,14,15). The quantitative estimate of drug-likeness (QED) is 0.507. The molecule has 0 bridgehead atoms. The fourth-order valence-electron chi connectivity index (χ4n) is 1.15. The number of amides is 1. The zero-order chi connectivity index (χ0) is 15.1. The van der Waals surface area contributed by atoms with Crippen molar-refractivity contribution >= 4 is 6.09 Å². The molecule has 20 heavy (non-hydrogen) atoms. The van der Waals surface area contributed by atoms with Gasteiger partial charge in [0.1, 0.15) is 6.61 Å². The predicted molar refractivity (Wildman–Crippen MR) is 74.0 cm³/mol. The minimum atomic E-state index is -0.423. The van der Waals surface area contributed by atoms with Crippen molar-refractivity contribution in [3.8, 4) is 0 Å². The molecule has 1 amide bonds. The Morgan fingerprint density at radius 2 is 1.30 bits per heavy atom. The third-order valence-corrected chi connectivity index (χ3v) is 2.04. The first kappa shape index (κ1) is 19.1. The molecule has 0 saturated heterocycles. The van der Waals surface area contributed by atoms with Gasteiger partial charge in [0, 0.05) is 13.2 Å². The van der Waals surface area contributed by atoms with Crippen molar-refractivity contribution in [2.45, 2.75) is 19.9 Å². The lowest BCUT2D eigenvalue weighted by molar-refractivity contribution is -0.00235. The van der Waals surface area contributed by atoms with E-state index in [1.807, 2.05) is 13.8 Å². The summed E-state index contributed by atoms with van der Waals surface area (Å²) < 4.78 is 25.5. The van der Waals surface area contributed by atoms with Crippen molar-refractivity contribution < 1.29 is 28.5 Å². The number of carbonyl (C=O) groups is 1. The average molecular weight is 293 g/mol. The molecule has 120 valence electrons. The second kappa shape index (κ2) is 14.5. The Balaban J connectivity index is 3.08. The molecule has 0 aromatic rings. The normalized spacial score (nSPS) is 10.8. The van der Waals surface area contributed by atoms with Gasteiger partial charge in [-0.25, -0.2) is 4.79 Å². The highest BCUT2D eigenvalue weighted by molar-refractivity contribution is 5.67. The molecule has 0 aliphatic heterocycles. The Kier molecular flexibility index (Phi) is 13.9. The Bertz CT molecular complexity index is 225. The monoisotopic (exact) mass is 293 g/mol. The van der Waals surface area contributed by atoms with E-state index in [9.17, 15) is 4.79 Å². The van der Waals surface area contributed by atoms with Gasteiger partial charge in [0.2, 0.25) is 0 Å². The van der Waals surface area contributed by atoms with E-state index in [0.29, 0.717) is 46.2 Å². The van der Waals surface area contributed by atoms with E-state index in [2.05, 4.69) is 5.32 Å². The van der Waals surface area contributed by atoms with Gasteiger partial charge in [0.25, 0.3) is 0 Å². The van der Waals surface area contributed by atoms with Crippen LogP contribution >= 0.6 is 0 Å². The fraction of sp³-hybridized carbons (Fsp3) is 0.923. The van der Waals surface area contributed by atoms with Gasteiger partial charge in [-0.2, -0.15) is 0 Å². The van der Waals surface area contributed by atoms with Crippen LogP contribution in [0.5, 0.6) is 0 Å². The van der Waals surface area contributed by atoms with Gasteiger partial charge < -0.3 is 29.0 Å². The molecular formula is C13H27NO6. The van der Waals surface area contributed by atoms with Gasteiger partial charge in [-0.05, 0) is 13.8 Å². The molecule has 0 unspecified atom stereocenters. The van der Waals surface area contributed by atoms with E-state index in [0.717, 1.165) is 0 Å². The van der Waals surface area contributed by atoms with Gasteiger partial charge in [-0.15, -0.1) is 0 Å². The van der Waals surface area contributed by atoms with E-state index in [1.54, 1.807) is 7.11 Å². The molecular weight excluding hydrogens is 266 g/mol. The summed E-state index contributed by atoms with van der Waals surface area (Å²) in [5, 5.41) is 2.62. The number of hydrogen-bond acceptors (Lipinski definition) is 6. The van der Waals surface area contributed by atoms with Crippen LogP contribution in [-0.2, 0) is 23.7 Å². The molecule has 0 spiro atoms. The van der Waals surface area contributed by atoms with Crippen molar-refractivity contribution in [1.29, 1.82) is 0 Å². The van der Waals surface area contributed by atoms with E-state index in [4.69, 9.17) is 23.7 Å². The Morgan fingerprint density at radius 3 is 1.75 bits per heavy atom. The van der Waals surface area contributed by atoms with Crippen LogP contribution in [0.3, 0.4) is 0 Å². The molecule has 0 aromatic carbocycles. The molecule has 0 rings (SSSR count). The smallest absolute Gasteiger partial charge is 0.407 e. The Labute approximate surface area is 120 Å². The van der Waals surface area contributed by atoms with Crippen molar-refractivity contribution in [3.63, 3.8) is 0 Å². The van der Waals surface area contributed by atoms with Crippen molar-refractivity contribution in [3.05, 3.63) is 0 Å². The summed E-state index contributed by atoms with van der Waals surface area (Å²) in [5.74, 6) is 0. The van der Waals surface area contributed by atoms with Crippen LogP contribution in [-0.4, -0.2) is 72.1 Å². The number of carbonyl (C=O) groups excluding carboxylic acids is 1. The van der Waals surface area contributed by atoms with Crippen molar-refractivity contribution in [2.75, 3.05) is 60.0 Å². The zero-order valence-electron chi connectivity index (χ0n) is 12.7. The van der Waals surface area contributed by atoms with Crippen LogP contribution in [0, 0.1) is 0 Å². The van der Waals surface area contributed by atoms with Gasteiger partial charge in [0.05, 0.1) is 46.2 Å². The first-order valence-corrected chi connectivity index (χ1v) is 6.82. The zero-order valence-corrected chi connectivity index (χ0v) is 12.7. The van der Waals surface area contributed by atoms with Crippen molar-refractivity contribution in [2.24, 2.45) is 0 Å². The van der Waals surface area contributed by atoms with E-state index in [1.165, 1.54) is 0 Å². The highest BCUT2D eigenvalue weighted by Crippen LogP contribution is 1.85. The van der Waals surface area contributed by atoms with Crippen LogP contribution in [0.25, 0.3) is 0 Å². The molecule has 0 saturated carbocycles. The molecule has 0 aliphatic carbocycles. The lowest BCUT2D eigenvalue weighted by Crippen LogP contribution is -2.31. The molecule has 7 heteroatoms. The summed E-state index contributed by atoms with van der Waals surface area (Å²) in [4.78, 5) is 11.1. The van der Waals surface area contributed by atoms with Gasteiger partial charge in [0.15, 0.2) is 0 Å².